The van der Waals surface area contributed by atoms with E-state index in [1.807, 2.05) is 30.5 Å². The molecule has 0 saturated heterocycles. The maximum Gasteiger partial charge on any atom is 0.328 e. The summed E-state index contributed by atoms with van der Waals surface area (Å²) in [5.74, 6) is 1.05. The Morgan fingerprint density at radius 2 is 2.09 bits per heavy atom. The zero-order valence-corrected chi connectivity index (χ0v) is 13.9. The van der Waals surface area contributed by atoms with E-state index in [4.69, 9.17) is 9.47 Å². The molecule has 0 saturated carbocycles. The molecule has 7 heteroatoms. The lowest BCUT2D eigenvalue weighted by molar-refractivity contribution is -0.142. The molecule has 2 N–H and O–H groups in total. The molecule has 0 bridgehead atoms. The summed E-state index contributed by atoms with van der Waals surface area (Å²) in [6.07, 6.45) is 2.47. The number of rotatable bonds is 8. The first-order chi connectivity index (χ1) is 10.6. The molecule has 0 radical (unpaired) electrons. The second-order valence-corrected chi connectivity index (χ2v) is 5.52. The smallest absolute Gasteiger partial charge is 0.328 e. The van der Waals surface area contributed by atoms with Gasteiger partial charge in [-0.1, -0.05) is 12.1 Å². The Bertz CT molecular complexity index is 496. The molecule has 0 aliphatic heterocycles. The van der Waals surface area contributed by atoms with Gasteiger partial charge in [-0.05, 0) is 36.1 Å². The number of carbonyl (C=O) groups is 2. The Hall–Kier alpha value is -1.89. The highest BCUT2D eigenvalue weighted by atomic mass is 32.2. The molecular weight excluding hydrogens is 304 g/mol. The van der Waals surface area contributed by atoms with Crippen LogP contribution in [0.2, 0.25) is 0 Å². The minimum atomic E-state index is -0.636. The lowest BCUT2D eigenvalue weighted by Gasteiger charge is -2.16. The van der Waals surface area contributed by atoms with Gasteiger partial charge in [-0.3, -0.25) is 0 Å². The minimum absolute atomic E-state index is 0.347. The summed E-state index contributed by atoms with van der Waals surface area (Å²) >= 11 is 1.61. The van der Waals surface area contributed by atoms with E-state index in [1.54, 1.807) is 18.9 Å². The molecule has 2 amide bonds. The number of ether oxygens (including phenoxy) is 2. The number of urea groups is 1. The van der Waals surface area contributed by atoms with E-state index in [2.05, 4.69) is 10.6 Å². The molecule has 1 rings (SSSR count). The fourth-order valence-corrected chi connectivity index (χ4v) is 2.27. The second-order valence-electron chi connectivity index (χ2n) is 4.54. The van der Waals surface area contributed by atoms with Gasteiger partial charge < -0.3 is 20.1 Å². The molecule has 0 fully saturated rings. The Balaban J connectivity index is 2.50. The molecule has 0 aliphatic carbocycles. The Morgan fingerprint density at radius 1 is 1.32 bits per heavy atom. The molecule has 1 aromatic rings. The fraction of sp³-hybridized carbons (Fsp3) is 0.467. The van der Waals surface area contributed by atoms with Crippen molar-refractivity contribution in [2.24, 2.45) is 0 Å². The van der Waals surface area contributed by atoms with Gasteiger partial charge in [0.15, 0.2) is 0 Å². The predicted molar refractivity (Wildman–Crippen MR) is 87.2 cm³/mol. The molecule has 0 spiro atoms. The monoisotopic (exact) mass is 326 g/mol. The number of nitrogens with one attached hydrogen (secondary N) is 2. The van der Waals surface area contributed by atoms with Gasteiger partial charge in [0.05, 0.1) is 14.2 Å². The zero-order chi connectivity index (χ0) is 16.4. The summed E-state index contributed by atoms with van der Waals surface area (Å²) in [6.45, 7) is 0.347. The molecule has 22 heavy (non-hydrogen) atoms. The maximum absolute atomic E-state index is 11.9. The molecule has 1 unspecified atom stereocenters. The summed E-state index contributed by atoms with van der Waals surface area (Å²) < 4.78 is 9.82. The summed E-state index contributed by atoms with van der Waals surface area (Å²) in [5, 5.41) is 5.35. The number of amides is 2. The molecule has 0 aromatic heterocycles. The lowest BCUT2D eigenvalue weighted by atomic mass is 10.2. The normalized spacial score (nSPS) is 11.4. The third-order valence-electron chi connectivity index (χ3n) is 2.99. The van der Waals surface area contributed by atoms with Crippen molar-refractivity contribution in [3.05, 3.63) is 29.8 Å². The Morgan fingerprint density at radius 3 is 2.73 bits per heavy atom. The summed E-state index contributed by atoms with van der Waals surface area (Å²) in [4.78, 5) is 23.5. The van der Waals surface area contributed by atoms with Crippen molar-refractivity contribution in [2.45, 2.75) is 19.0 Å². The van der Waals surface area contributed by atoms with E-state index in [1.165, 1.54) is 7.11 Å². The van der Waals surface area contributed by atoms with Crippen molar-refractivity contribution < 1.29 is 19.1 Å². The third kappa shape index (κ3) is 6.26. The highest BCUT2D eigenvalue weighted by molar-refractivity contribution is 7.98. The molecule has 0 aliphatic rings. The van der Waals surface area contributed by atoms with E-state index < -0.39 is 18.0 Å². The van der Waals surface area contributed by atoms with Crippen LogP contribution in [0.1, 0.15) is 12.0 Å². The summed E-state index contributed by atoms with van der Waals surface area (Å²) in [5.41, 5.74) is 0.910. The molecule has 0 heterocycles. The van der Waals surface area contributed by atoms with Gasteiger partial charge in [0.25, 0.3) is 0 Å². The van der Waals surface area contributed by atoms with Crippen molar-refractivity contribution in [3.63, 3.8) is 0 Å². The van der Waals surface area contributed by atoms with Gasteiger partial charge in [-0.25, -0.2) is 9.59 Å². The Labute approximate surface area is 134 Å². The van der Waals surface area contributed by atoms with Gasteiger partial charge in [-0.15, -0.1) is 0 Å². The van der Waals surface area contributed by atoms with E-state index in [-0.39, 0.29) is 0 Å². The summed E-state index contributed by atoms with van der Waals surface area (Å²) in [6, 6.07) is 6.37. The van der Waals surface area contributed by atoms with Crippen molar-refractivity contribution in [2.75, 3.05) is 26.2 Å². The maximum atomic E-state index is 11.9. The molecular formula is C15H22N2O4S. The van der Waals surface area contributed by atoms with E-state index in [0.29, 0.717) is 13.0 Å². The fourth-order valence-electron chi connectivity index (χ4n) is 1.80. The molecule has 122 valence electrons. The zero-order valence-electron chi connectivity index (χ0n) is 13.0. The van der Waals surface area contributed by atoms with Gasteiger partial charge in [0, 0.05) is 6.54 Å². The number of hydrogen-bond acceptors (Lipinski definition) is 5. The second kappa shape index (κ2) is 9.94. The SMILES string of the molecule is COC(=O)C(CCSC)NC(=O)NCc1cccc(OC)c1. The molecule has 6 nitrogen and oxygen atoms in total. The van der Waals surface area contributed by atoms with Crippen LogP contribution in [0.15, 0.2) is 24.3 Å². The van der Waals surface area contributed by atoms with E-state index >= 15 is 0 Å². The predicted octanol–water partition coefficient (Wildman–Crippen LogP) is 1.79. The number of thioether (sulfide) groups is 1. The van der Waals surface area contributed by atoms with Crippen molar-refractivity contribution >= 4 is 23.8 Å². The first-order valence-electron chi connectivity index (χ1n) is 6.84. The van der Waals surface area contributed by atoms with E-state index in [9.17, 15) is 9.59 Å². The lowest BCUT2D eigenvalue weighted by Crippen LogP contribution is -2.46. The molecule has 1 aromatic carbocycles. The van der Waals surface area contributed by atoms with Gasteiger partial charge in [0.2, 0.25) is 0 Å². The van der Waals surface area contributed by atoms with Gasteiger partial charge in [-0.2, -0.15) is 11.8 Å². The van der Waals surface area contributed by atoms with Crippen LogP contribution in [0.3, 0.4) is 0 Å². The van der Waals surface area contributed by atoms with Crippen LogP contribution >= 0.6 is 11.8 Å². The van der Waals surface area contributed by atoms with Crippen LogP contribution in [-0.4, -0.2) is 44.3 Å². The van der Waals surface area contributed by atoms with Crippen molar-refractivity contribution in [3.8, 4) is 5.75 Å². The third-order valence-corrected chi connectivity index (χ3v) is 3.63. The average molecular weight is 326 g/mol. The number of methoxy groups -OCH3 is 2. The number of hydrogen-bond donors (Lipinski definition) is 2. The first kappa shape index (κ1) is 18.2. The number of esters is 1. The highest BCUT2D eigenvalue weighted by Gasteiger charge is 2.20. The number of carbonyl (C=O) groups excluding carboxylic acids is 2. The molecule has 1 atom stereocenters. The van der Waals surface area contributed by atoms with Crippen LogP contribution in [0.25, 0.3) is 0 Å². The topological polar surface area (TPSA) is 76.7 Å². The summed E-state index contributed by atoms with van der Waals surface area (Å²) in [7, 11) is 2.90. The van der Waals surface area contributed by atoms with Gasteiger partial charge >= 0.3 is 12.0 Å². The van der Waals surface area contributed by atoms with Crippen molar-refractivity contribution in [1.29, 1.82) is 0 Å². The standard InChI is InChI=1S/C15H22N2O4S/c1-20-12-6-4-5-11(9-12)10-16-15(19)17-13(7-8-22-3)14(18)21-2/h4-6,9,13H,7-8,10H2,1-3H3,(H2,16,17,19). The number of benzene rings is 1. The Kier molecular flexibility index (Phi) is 8.21. The van der Waals surface area contributed by atoms with E-state index in [0.717, 1.165) is 17.1 Å². The van der Waals surface area contributed by atoms with Crippen LogP contribution in [0, 0.1) is 0 Å². The minimum Gasteiger partial charge on any atom is -0.497 e. The van der Waals surface area contributed by atoms with Crippen molar-refractivity contribution in [1.82, 2.24) is 10.6 Å². The van der Waals surface area contributed by atoms with Gasteiger partial charge in [0.1, 0.15) is 11.8 Å². The first-order valence-corrected chi connectivity index (χ1v) is 8.24. The van der Waals surface area contributed by atoms with Crippen LogP contribution in [0.4, 0.5) is 4.79 Å². The highest BCUT2D eigenvalue weighted by Crippen LogP contribution is 2.12. The largest absolute Gasteiger partial charge is 0.497 e. The van der Waals surface area contributed by atoms with Crippen LogP contribution in [0.5, 0.6) is 5.75 Å². The van der Waals surface area contributed by atoms with Crippen LogP contribution in [-0.2, 0) is 16.1 Å². The quantitative estimate of drug-likeness (QED) is 0.712. The van der Waals surface area contributed by atoms with Crippen LogP contribution < -0.4 is 15.4 Å². The average Bonchev–Trinajstić information content (AvgIpc) is 2.56.